The molecular formula is C18H22N4O2S2. The zero-order chi connectivity index (χ0) is 19.6. The van der Waals surface area contributed by atoms with Gasteiger partial charge in [-0.15, -0.1) is 0 Å². The molecule has 1 aliphatic rings. The van der Waals surface area contributed by atoms with Crippen LogP contribution >= 0.6 is 24.0 Å². The Bertz CT molecular complexity index is 892. The molecule has 6 nitrogen and oxygen atoms in total. The van der Waals surface area contributed by atoms with Gasteiger partial charge in [0.1, 0.15) is 21.8 Å². The summed E-state index contributed by atoms with van der Waals surface area (Å²) in [6, 6.07) is 2.03. The van der Waals surface area contributed by atoms with Crippen LogP contribution in [0.25, 0.3) is 6.08 Å². The van der Waals surface area contributed by atoms with Crippen molar-refractivity contribution in [1.82, 2.24) is 9.47 Å². The molecule has 138 valence electrons. The SMILES string of the molecule is CCN(CC)c1c(/C=C2\SC(=S)N(C)C2=O)c(C)c(C#N)c(=O)n1CC. The molecule has 1 aromatic heterocycles. The average molecular weight is 391 g/mol. The van der Waals surface area contributed by atoms with Gasteiger partial charge in [0.2, 0.25) is 0 Å². The van der Waals surface area contributed by atoms with Crippen LogP contribution in [0.5, 0.6) is 0 Å². The van der Waals surface area contributed by atoms with E-state index in [1.807, 2.05) is 26.8 Å². The first kappa shape index (κ1) is 20.2. The second-order valence-corrected chi connectivity index (χ2v) is 7.49. The van der Waals surface area contributed by atoms with E-state index < -0.39 is 0 Å². The Morgan fingerprint density at radius 1 is 1.27 bits per heavy atom. The van der Waals surface area contributed by atoms with Crippen molar-refractivity contribution in [2.75, 3.05) is 25.0 Å². The summed E-state index contributed by atoms with van der Waals surface area (Å²) in [7, 11) is 1.64. The number of amides is 1. The fourth-order valence-electron chi connectivity index (χ4n) is 2.98. The van der Waals surface area contributed by atoms with E-state index in [1.54, 1.807) is 24.6 Å². The van der Waals surface area contributed by atoms with Crippen molar-refractivity contribution in [3.63, 3.8) is 0 Å². The maximum Gasteiger partial charge on any atom is 0.270 e. The molecule has 0 saturated carbocycles. The van der Waals surface area contributed by atoms with Crippen molar-refractivity contribution < 1.29 is 4.79 Å². The summed E-state index contributed by atoms with van der Waals surface area (Å²) in [6.07, 6.45) is 1.76. The molecule has 8 heteroatoms. The Morgan fingerprint density at radius 3 is 2.31 bits per heavy atom. The lowest BCUT2D eigenvalue weighted by molar-refractivity contribution is -0.121. The van der Waals surface area contributed by atoms with E-state index in [-0.39, 0.29) is 17.0 Å². The summed E-state index contributed by atoms with van der Waals surface area (Å²) in [5.41, 5.74) is 1.13. The lowest BCUT2D eigenvalue weighted by atomic mass is 10.0. The molecule has 1 aliphatic heterocycles. The molecule has 2 rings (SSSR count). The van der Waals surface area contributed by atoms with E-state index in [0.717, 1.165) is 11.4 Å². The van der Waals surface area contributed by atoms with E-state index in [1.165, 1.54) is 16.7 Å². The second-order valence-electron chi connectivity index (χ2n) is 5.81. The fraction of sp³-hybridized carbons (Fsp3) is 0.444. The molecule has 1 aromatic rings. The van der Waals surface area contributed by atoms with Crippen LogP contribution in [0.3, 0.4) is 0 Å². The van der Waals surface area contributed by atoms with Crippen LogP contribution in [0, 0.1) is 18.3 Å². The number of rotatable bonds is 5. The molecule has 1 fully saturated rings. The molecule has 2 heterocycles. The van der Waals surface area contributed by atoms with Gasteiger partial charge in [-0.1, -0.05) is 24.0 Å². The van der Waals surface area contributed by atoms with E-state index in [9.17, 15) is 14.9 Å². The lowest BCUT2D eigenvalue weighted by Crippen LogP contribution is -2.34. The van der Waals surface area contributed by atoms with E-state index in [4.69, 9.17) is 12.2 Å². The number of pyridine rings is 1. The summed E-state index contributed by atoms with van der Waals surface area (Å²) < 4.78 is 2.10. The first-order valence-electron chi connectivity index (χ1n) is 8.46. The third-order valence-electron chi connectivity index (χ3n) is 4.49. The maximum atomic E-state index is 12.8. The van der Waals surface area contributed by atoms with Crippen molar-refractivity contribution in [3.05, 3.63) is 31.9 Å². The van der Waals surface area contributed by atoms with Crippen molar-refractivity contribution in [2.45, 2.75) is 34.2 Å². The minimum absolute atomic E-state index is 0.112. The van der Waals surface area contributed by atoms with Crippen molar-refractivity contribution >= 4 is 46.1 Å². The highest BCUT2D eigenvalue weighted by molar-refractivity contribution is 8.26. The largest absolute Gasteiger partial charge is 0.358 e. The number of hydrogen-bond acceptors (Lipinski definition) is 6. The molecular weight excluding hydrogens is 368 g/mol. The van der Waals surface area contributed by atoms with Crippen LogP contribution in [0.1, 0.15) is 37.5 Å². The number of nitrogens with zero attached hydrogens (tertiary/aromatic N) is 4. The third kappa shape index (κ3) is 3.29. The molecule has 0 atom stereocenters. The molecule has 0 bridgehead atoms. The highest BCUT2D eigenvalue weighted by atomic mass is 32.2. The van der Waals surface area contributed by atoms with Gasteiger partial charge in [-0.05, 0) is 39.3 Å². The first-order chi connectivity index (χ1) is 12.3. The third-order valence-corrected chi connectivity index (χ3v) is 5.97. The Labute approximate surface area is 163 Å². The average Bonchev–Trinajstić information content (AvgIpc) is 2.86. The van der Waals surface area contributed by atoms with E-state index in [0.29, 0.717) is 34.4 Å². The summed E-state index contributed by atoms with van der Waals surface area (Å²) >= 11 is 6.43. The van der Waals surface area contributed by atoms with Crippen LogP contribution in [-0.4, -0.2) is 39.8 Å². The van der Waals surface area contributed by atoms with Crippen molar-refractivity contribution in [2.24, 2.45) is 0 Å². The van der Waals surface area contributed by atoms with Gasteiger partial charge in [-0.3, -0.25) is 19.1 Å². The number of aromatic nitrogens is 1. The number of carbonyl (C=O) groups is 1. The second kappa shape index (κ2) is 8.06. The number of anilines is 1. The number of carbonyl (C=O) groups excluding carboxylic acids is 1. The smallest absolute Gasteiger partial charge is 0.270 e. The summed E-state index contributed by atoms with van der Waals surface area (Å²) in [6.45, 7) is 9.50. The molecule has 0 unspecified atom stereocenters. The van der Waals surface area contributed by atoms with Crippen LogP contribution in [0.15, 0.2) is 9.70 Å². The monoisotopic (exact) mass is 390 g/mol. The Hall–Kier alpha value is -2.11. The van der Waals surface area contributed by atoms with Gasteiger partial charge in [-0.2, -0.15) is 5.26 Å². The predicted molar refractivity (Wildman–Crippen MR) is 110 cm³/mol. The topological polar surface area (TPSA) is 69.3 Å². The first-order valence-corrected chi connectivity index (χ1v) is 9.68. The minimum atomic E-state index is -0.297. The van der Waals surface area contributed by atoms with Gasteiger partial charge in [0, 0.05) is 32.2 Å². The summed E-state index contributed by atoms with van der Waals surface area (Å²) in [4.78, 5) is 29.2. The zero-order valence-electron chi connectivity index (χ0n) is 15.6. The number of nitriles is 1. The zero-order valence-corrected chi connectivity index (χ0v) is 17.3. The lowest BCUT2D eigenvalue weighted by Gasteiger charge is -2.28. The van der Waals surface area contributed by atoms with Gasteiger partial charge in [-0.25, -0.2) is 0 Å². The van der Waals surface area contributed by atoms with Crippen molar-refractivity contribution in [3.8, 4) is 6.07 Å². The van der Waals surface area contributed by atoms with Crippen LogP contribution in [0.4, 0.5) is 5.82 Å². The molecule has 0 spiro atoms. The van der Waals surface area contributed by atoms with Gasteiger partial charge < -0.3 is 4.90 Å². The van der Waals surface area contributed by atoms with Gasteiger partial charge in [0.25, 0.3) is 11.5 Å². The Morgan fingerprint density at radius 2 is 1.88 bits per heavy atom. The quantitative estimate of drug-likeness (QED) is 0.569. The van der Waals surface area contributed by atoms with E-state index in [2.05, 4.69) is 4.90 Å². The number of hydrogen-bond donors (Lipinski definition) is 0. The van der Waals surface area contributed by atoms with Crippen LogP contribution in [0.2, 0.25) is 0 Å². The standard InChI is InChI=1S/C18H22N4O2S2/c1-6-21(7-2)15-12(9-14-17(24)20(5)18(25)26-14)11(4)13(10-19)16(23)22(15)8-3/h9H,6-8H2,1-5H3/b14-9-. The maximum absolute atomic E-state index is 12.8. The van der Waals surface area contributed by atoms with Crippen LogP contribution < -0.4 is 10.5 Å². The minimum Gasteiger partial charge on any atom is -0.358 e. The predicted octanol–water partition coefficient (Wildman–Crippen LogP) is 2.73. The normalized spacial score (nSPS) is 15.7. The summed E-state index contributed by atoms with van der Waals surface area (Å²) in [5, 5.41) is 9.49. The highest BCUT2D eigenvalue weighted by Crippen LogP contribution is 2.35. The molecule has 1 saturated heterocycles. The van der Waals surface area contributed by atoms with Gasteiger partial charge >= 0.3 is 0 Å². The molecule has 0 N–H and O–H groups in total. The molecule has 26 heavy (non-hydrogen) atoms. The Kier molecular flexibility index (Phi) is 6.26. The molecule has 1 amide bonds. The molecule has 0 aromatic carbocycles. The van der Waals surface area contributed by atoms with Gasteiger partial charge in [0.15, 0.2) is 0 Å². The Balaban J connectivity index is 2.87. The number of thiocarbonyl (C=S) groups is 1. The van der Waals surface area contributed by atoms with E-state index >= 15 is 0 Å². The number of thioether (sulfide) groups is 1. The highest BCUT2D eigenvalue weighted by Gasteiger charge is 2.30. The molecule has 0 aliphatic carbocycles. The summed E-state index contributed by atoms with van der Waals surface area (Å²) in [5.74, 6) is 0.568. The van der Waals surface area contributed by atoms with Crippen molar-refractivity contribution in [1.29, 1.82) is 5.26 Å². The molecule has 0 radical (unpaired) electrons. The fourth-order valence-corrected chi connectivity index (χ4v) is 4.14. The van der Waals surface area contributed by atoms with Crippen LogP contribution in [-0.2, 0) is 11.3 Å². The van der Waals surface area contributed by atoms with Gasteiger partial charge in [0.05, 0.1) is 4.91 Å². The number of likely N-dealkylation sites (N-methyl/N-ethyl adjacent to an activating group) is 1.